The quantitative estimate of drug-likeness (QED) is 0.538. The molecule has 1 N–H and O–H groups in total. The van der Waals surface area contributed by atoms with Gasteiger partial charge in [-0.15, -0.1) is 0 Å². The van der Waals surface area contributed by atoms with E-state index in [2.05, 4.69) is 5.32 Å². The summed E-state index contributed by atoms with van der Waals surface area (Å²) in [6.45, 7) is 5.17. The highest BCUT2D eigenvalue weighted by atomic mass is 35.5. The number of halogens is 1. The number of nitrogens with zero attached hydrogens (tertiary/aromatic N) is 1. The first-order chi connectivity index (χ1) is 13.7. The van der Waals surface area contributed by atoms with Crippen molar-refractivity contribution >= 4 is 34.9 Å². The van der Waals surface area contributed by atoms with Crippen molar-refractivity contribution in [1.82, 2.24) is 0 Å². The predicted octanol–water partition coefficient (Wildman–Crippen LogP) is 4.36. The minimum Gasteiger partial charge on any atom is -0.453 e. The molecule has 0 spiro atoms. The number of hydrogen-bond acceptors (Lipinski definition) is 5. The number of nitrogens with one attached hydrogen (secondary N) is 1. The Morgan fingerprint density at radius 1 is 1.14 bits per heavy atom. The third kappa shape index (κ3) is 6.16. The van der Waals surface area contributed by atoms with Crippen molar-refractivity contribution in [3.05, 3.63) is 63.7 Å². The lowest BCUT2D eigenvalue weighted by molar-refractivity contribution is -0.153. The zero-order valence-corrected chi connectivity index (χ0v) is 17.2. The van der Waals surface area contributed by atoms with E-state index in [9.17, 15) is 14.4 Å². The summed E-state index contributed by atoms with van der Waals surface area (Å²) in [7, 11) is 0. The Balaban J connectivity index is 1.87. The van der Waals surface area contributed by atoms with E-state index >= 15 is 0 Å². The molecule has 150 valence electrons. The van der Waals surface area contributed by atoms with Crippen LogP contribution < -0.4 is 5.32 Å². The number of hydrogen-bond donors (Lipinski definition) is 1. The summed E-state index contributed by atoms with van der Waals surface area (Å²) >= 11 is 5.93. The first kappa shape index (κ1) is 22.1. The number of anilines is 1. The standard InChI is InChI=1S/C22H21ClN2O4/c1-13-4-5-14(2)18(10-13)20(26)8-9-21(27)29-15(3)22(28)25-17-7-6-16(12-24)19(23)11-17/h4-7,10-11,15H,8-9H2,1-3H3,(H,25,28). The zero-order valence-electron chi connectivity index (χ0n) is 16.4. The van der Waals surface area contributed by atoms with Gasteiger partial charge in [0.2, 0.25) is 0 Å². The van der Waals surface area contributed by atoms with Crippen LogP contribution in [0.3, 0.4) is 0 Å². The molecule has 1 unspecified atom stereocenters. The predicted molar refractivity (Wildman–Crippen MR) is 110 cm³/mol. The lowest BCUT2D eigenvalue weighted by Gasteiger charge is -2.14. The van der Waals surface area contributed by atoms with Crippen LogP contribution in [0.5, 0.6) is 0 Å². The van der Waals surface area contributed by atoms with Crippen molar-refractivity contribution in [3.63, 3.8) is 0 Å². The Hall–Kier alpha value is -3.17. The molecule has 6 nitrogen and oxygen atoms in total. The SMILES string of the molecule is Cc1ccc(C)c(C(=O)CCC(=O)OC(C)C(=O)Nc2ccc(C#N)c(Cl)c2)c1. The number of esters is 1. The number of ketones is 1. The Morgan fingerprint density at radius 3 is 2.52 bits per heavy atom. The summed E-state index contributed by atoms with van der Waals surface area (Å²) in [6.07, 6.45) is -1.16. The van der Waals surface area contributed by atoms with Crippen LogP contribution in [0.1, 0.15) is 46.8 Å². The summed E-state index contributed by atoms with van der Waals surface area (Å²) < 4.78 is 5.11. The Morgan fingerprint density at radius 2 is 1.86 bits per heavy atom. The largest absolute Gasteiger partial charge is 0.453 e. The molecule has 29 heavy (non-hydrogen) atoms. The van der Waals surface area contributed by atoms with E-state index in [0.29, 0.717) is 11.3 Å². The maximum atomic E-state index is 12.3. The van der Waals surface area contributed by atoms with Gasteiger partial charge in [-0.3, -0.25) is 14.4 Å². The molecule has 0 saturated heterocycles. The van der Waals surface area contributed by atoms with Crippen LogP contribution in [0.4, 0.5) is 5.69 Å². The molecule has 2 aromatic rings. The van der Waals surface area contributed by atoms with E-state index in [-0.39, 0.29) is 29.2 Å². The fraction of sp³-hybridized carbons (Fsp3) is 0.273. The van der Waals surface area contributed by atoms with Gasteiger partial charge in [0.25, 0.3) is 5.91 Å². The number of carbonyl (C=O) groups is 3. The number of aryl methyl sites for hydroxylation is 2. The zero-order chi connectivity index (χ0) is 21.6. The second-order valence-electron chi connectivity index (χ2n) is 6.67. The number of amides is 1. The van der Waals surface area contributed by atoms with Crippen molar-refractivity contribution in [2.75, 3.05) is 5.32 Å². The summed E-state index contributed by atoms with van der Waals surface area (Å²) in [5.41, 5.74) is 3.07. The highest BCUT2D eigenvalue weighted by Crippen LogP contribution is 2.20. The Bertz CT molecular complexity index is 995. The minimum atomic E-state index is -1.05. The second kappa shape index (κ2) is 9.85. The molecular formula is C22H21ClN2O4. The first-order valence-corrected chi connectivity index (χ1v) is 9.39. The molecule has 0 aliphatic rings. The molecule has 0 bridgehead atoms. The number of nitriles is 1. The van der Waals surface area contributed by atoms with Gasteiger partial charge in [0, 0.05) is 17.7 Å². The van der Waals surface area contributed by atoms with Gasteiger partial charge in [-0.1, -0.05) is 29.3 Å². The van der Waals surface area contributed by atoms with Crippen molar-refractivity contribution in [1.29, 1.82) is 5.26 Å². The number of ether oxygens (including phenoxy) is 1. The topological polar surface area (TPSA) is 96.3 Å². The summed E-state index contributed by atoms with van der Waals surface area (Å²) in [5, 5.41) is 11.6. The van der Waals surface area contributed by atoms with Gasteiger partial charge < -0.3 is 10.1 Å². The molecule has 2 aromatic carbocycles. The van der Waals surface area contributed by atoms with Crippen LogP contribution in [-0.2, 0) is 14.3 Å². The molecular weight excluding hydrogens is 392 g/mol. The molecule has 0 aromatic heterocycles. The van der Waals surface area contributed by atoms with Crippen molar-refractivity contribution in [2.45, 2.75) is 39.7 Å². The Labute approximate surface area is 174 Å². The maximum Gasteiger partial charge on any atom is 0.307 e. The van der Waals surface area contributed by atoms with Gasteiger partial charge in [0.1, 0.15) is 6.07 Å². The molecule has 0 heterocycles. The first-order valence-electron chi connectivity index (χ1n) is 9.01. The van der Waals surface area contributed by atoms with E-state index in [1.165, 1.54) is 25.1 Å². The van der Waals surface area contributed by atoms with Gasteiger partial charge in [-0.2, -0.15) is 5.26 Å². The van der Waals surface area contributed by atoms with E-state index < -0.39 is 18.0 Å². The van der Waals surface area contributed by atoms with Gasteiger partial charge in [0.05, 0.1) is 17.0 Å². The normalized spacial score (nSPS) is 11.3. The molecule has 0 aliphatic heterocycles. The van der Waals surface area contributed by atoms with E-state index in [4.69, 9.17) is 21.6 Å². The molecule has 0 aliphatic carbocycles. The van der Waals surface area contributed by atoms with Crippen LogP contribution >= 0.6 is 11.6 Å². The van der Waals surface area contributed by atoms with Crippen LogP contribution in [0.25, 0.3) is 0 Å². The molecule has 0 fully saturated rings. The third-order valence-electron chi connectivity index (χ3n) is 4.28. The van der Waals surface area contributed by atoms with Gasteiger partial charge >= 0.3 is 5.97 Å². The molecule has 2 rings (SSSR count). The van der Waals surface area contributed by atoms with Crippen LogP contribution in [0.2, 0.25) is 5.02 Å². The van der Waals surface area contributed by atoms with E-state index in [1.54, 1.807) is 6.07 Å². The highest BCUT2D eigenvalue weighted by Gasteiger charge is 2.19. The lowest BCUT2D eigenvalue weighted by Crippen LogP contribution is -2.30. The fourth-order valence-electron chi connectivity index (χ4n) is 2.62. The van der Waals surface area contributed by atoms with Gasteiger partial charge in [0.15, 0.2) is 11.9 Å². The monoisotopic (exact) mass is 412 g/mol. The van der Waals surface area contributed by atoms with E-state index in [1.807, 2.05) is 32.0 Å². The summed E-state index contributed by atoms with van der Waals surface area (Å²) in [6, 6.07) is 11.9. The molecule has 1 amide bonds. The Kier molecular flexibility index (Phi) is 7.52. The number of Topliss-reactive ketones (excluding diaryl/α,β-unsaturated/α-hetero) is 1. The van der Waals surface area contributed by atoms with Crippen molar-refractivity contribution in [3.8, 4) is 6.07 Å². The maximum absolute atomic E-state index is 12.3. The second-order valence-corrected chi connectivity index (χ2v) is 7.08. The number of benzene rings is 2. The van der Waals surface area contributed by atoms with Crippen molar-refractivity contribution < 1.29 is 19.1 Å². The van der Waals surface area contributed by atoms with Crippen LogP contribution in [0.15, 0.2) is 36.4 Å². The molecule has 0 saturated carbocycles. The van der Waals surface area contributed by atoms with Crippen LogP contribution in [0, 0.1) is 25.2 Å². The fourth-order valence-corrected chi connectivity index (χ4v) is 2.85. The van der Waals surface area contributed by atoms with Gasteiger partial charge in [-0.05, 0) is 50.6 Å². The van der Waals surface area contributed by atoms with E-state index in [0.717, 1.165) is 11.1 Å². The molecule has 7 heteroatoms. The summed E-state index contributed by atoms with van der Waals surface area (Å²) in [5.74, 6) is -1.32. The lowest BCUT2D eigenvalue weighted by atomic mass is 9.99. The average Bonchev–Trinajstić information content (AvgIpc) is 2.68. The number of carbonyl (C=O) groups excluding carboxylic acids is 3. The van der Waals surface area contributed by atoms with Gasteiger partial charge in [-0.25, -0.2) is 0 Å². The molecule has 1 atom stereocenters. The minimum absolute atomic E-state index is 0.00267. The number of rotatable bonds is 7. The summed E-state index contributed by atoms with van der Waals surface area (Å²) in [4.78, 5) is 36.6. The van der Waals surface area contributed by atoms with Crippen LogP contribution in [-0.4, -0.2) is 23.8 Å². The third-order valence-corrected chi connectivity index (χ3v) is 4.60. The van der Waals surface area contributed by atoms with Crippen molar-refractivity contribution in [2.24, 2.45) is 0 Å². The highest BCUT2D eigenvalue weighted by molar-refractivity contribution is 6.32. The smallest absolute Gasteiger partial charge is 0.307 e. The molecule has 0 radical (unpaired) electrons. The average molecular weight is 413 g/mol.